The number of hydrogen-bond acceptors (Lipinski definition) is 4. The van der Waals surface area contributed by atoms with Gasteiger partial charge in [0.2, 0.25) is 10.0 Å². The molecule has 0 aliphatic rings. The number of urea groups is 1. The Morgan fingerprint density at radius 3 is 2.37 bits per heavy atom. The molecule has 0 fully saturated rings. The molecular formula is C18H19N5O3S. The van der Waals surface area contributed by atoms with Crippen molar-refractivity contribution < 1.29 is 13.2 Å². The molecule has 0 aliphatic carbocycles. The number of nitrogens with two attached hydrogens (primary N) is 1. The third-order valence-corrected chi connectivity index (χ3v) is 4.77. The fourth-order valence-corrected chi connectivity index (χ4v) is 2.98. The third kappa shape index (κ3) is 5.16. The van der Waals surface area contributed by atoms with Crippen LogP contribution in [-0.4, -0.2) is 30.8 Å². The average Bonchev–Trinajstić information content (AvgIpc) is 3.17. The Morgan fingerprint density at radius 1 is 1.07 bits per heavy atom. The van der Waals surface area contributed by atoms with Crippen LogP contribution in [-0.2, 0) is 16.4 Å². The quantitative estimate of drug-likeness (QED) is 0.600. The number of nitrogens with one attached hydrogen (secondary N) is 2. The molecule has 2 aromatic carbocycles. The number of carbonyl (C=O) groups is 1. The van der Waals surface area contributed by atoms with E-state index in [1.165, 1.54) is 24.3 Å². The Hall–Kier alpha value is -3.17. The number of primary sulfonamides is 1. The maximum atomic E-state index is 11.9. The molecule has 140 valence electrons. The van der Waals surface area contributed by atoms with Crippen LogP contribution in [0.4, 0.5) is 10.5 Å². The second-order valence-corrected chi connectivity index (χ2v) is 7.38. The zero-order valence-corrected chi connectivity index (χ0v) is 15.2. The SMILES string of the molecule is NS(=O)(=O)c1ccc(NC(=O)NCCc2ccc(-n3cccn3)cc2)cc1. The van der Waals surface area contributed by atoms with E-state index in [9.17, 15) is 13.2 Å². The van der Waals surface area contributed by atoms with Crippen LogP contribution in [0.3, 0.4) is 0 Å². The van der Waals surface area contributed by atoms with Gasteiger partial charge in [0.1, 0.15) is 0 Å². The molecule has 0 radical (unpaired) electrons. The van der Waals surface area contributed by atoms with Gasteiger partial charge in [-0.25, -0.2) is 23.0 Å². The first-order valence-electron chi connectivity index (χ1n) is 8.18. The number of anilines is 1. The Kier molecular flexibility index (Phi) is 5.53. The summed E-state index contributed by atoms with van der Waals surface area (Å²) in [6.45, 7) is 0.461. The number of amides is 2. The predicted octanol–water partition coefficient (Wildman–Crippen LogP) is 1.88. The lowest BCUT2D eigenvalue weighted by molar-refractivity contribution is 0.252. The summed E-state index contributed by atoms with van der Waals surface area (Å²) in [6.07, 6.45) is 4.27. The molecule has 0 aliphatic heterocycles. The fourth-order valence-electron chi connectivity index (χ4n) is 2.46. The lowest BCUT2D eigenvalue weighted by Gasteiger charge is -2.09. The average molecular weight is 385 g/mol. The summed E-state index contributed by atoms with van der Waals surface area (Å²) in [5, 5.41) is 14.6. The van der Waals surface area contributed by atoms with Crippen molar-refractivity contribution in [2.45, 2.75) is 11.3 Å². The maximum Gasteiger partial charge on any atom is 0.319 e. The molecule has 3 aromatic rings. The summed E-state index contributed by atoms with van der Waals surface area (Å²) < 4.78 is 24.2. The van der Waals surface area contributed by atoms with E-state index in [1.807, 2.05) is 36.5 Å². The van der Waals surface area contributed by atoms with Gasteiger partial charge in [-0.2, -0.15) is 5.10 Å². The van der Waals surface area contributed by atoms with Crippen LogP contribution in [0.5, 0.6) is 0 Å². The van der Waals surface area contributed by atoms with E-state index in [0.717, 1.165) is 11.3 Å². The number of carbonyl (C=O) groups excluding carboxylic acids is 1. The highest BCUT2D eigenvalue weighted by Gasteiger charge is 2.08. The van der Waals surface area contributed by atoms with Gasteiger partial charge in [0, 0.05) is 24.6 Å². The first-order chi connectivity index (χ1) is 12.9. The Labute approximate surface area is 157 Å². The predicted molar refractivity (Wildman–Crippen MR) is 102 cm³/mol. The molecule has 9 heteroatoms. The standard InChI is InChI=1S/C18H19N5O3S/c19-27(25,26)17-8-4-15(5-9-17)22-18(24)20-12-10-14-2-6-16(7-3-14)23-13-1-11-21-23/h1-9,11,13H,10,12H2,(H2,19,25,26)(H2,20,22,24). The van der Waals surface area contributed by atoms with Crippen molar-refractivity contribution in [1.82, 2.24) is 15.1 Å². The molecule has 0 unspecified atom stereocenters. The Balaban J connectivity index is 1.47. The molecule has 8 nitrogen and oxygen atoms in total. The van der Waals surface area contributed by atoms with Gasteiger partial charge in [0.25, 0.3) is 0 Å². The molecule has 0 spiro atoms. The van der Waals surface area contributed by atoms with Gasteiger partial charge < -0.3 is 10.6 Å². The number of rotatable bonds is 6. The highest BCUT2D eigenvalue weighted by Crippen LogP contribution is 2.12. The molecule has 1 heterocycles. The lowest BCUT2D eigenvalue weighted by Crippen LogP contribution is -2.30. The number of aromatic nitrogens is 2. The van der Waals surface area contributed by atoms with Gasteiger partial charge in [-0.05, 0) is 54.4 Å². The Morgan fingerprint density at radius 2 is 1.78 bits per heavy atom. The summed E-state index contributed by atoms with van der Waals surface area (Å²) in [5.41, 5.74) is 2.53. The van der Waals surface area contributed by atoms with Gasteiger partial charge in [-0.15, -0.1) is 0 Å². The number of hydrogen-bond donors (Lipinski definition) is 3. The monoisotopic (exact) mass is 385 g/mol. The summed E-state index contributed by atoms with van der Waals surface area (Å²) in [4.78, 5) is 11.9. The molecular weight excluding hydrogens is 366 g/mol. The lowest BCUT2D eigenvalue weighted by atomic mass is 10.1. The van der Waals surface area contributed by atoms with Crippen LogP contribution in [0.15, 0.2) is 71.9 Å². The van der Waals surface area contributed by atoms with Crippen molar-refractivity contribution >= 4 is 21.7 Å². The topological polar surface area (TPSA) is 119 Å². The number of nitrogens with zero attached hydrogens (tertiary/aromatic N) is 2. The van der Waals surface area contributed by atoms with Gasteiger partial charge >= 0.3 is 6.03 Å². The maximum absolute atomic E-state index is 11.9. The van der Waals surface area contributed by atoms with Crippen molar-refractivity contribution in [3.63, 3.8) is 0 Å². The van der Waals surface area contributed by atoms with E-state index in [1.54, 1.807) is 10.9 Å². The van der Waals surface area contributed by atoms with E-state index in [4.69, 9.17) is 5.14 Å². The molecule has 1 aromatic heterocycles. The van der Waals surface area contributed by atoms with Crippen LogP contribution in [0.25, 0.3) is 5.69 Å². The number of sulfonamides is 1. The number of benzene rings is 2. The smallest absolute Gasteiger partial charge is 0.319 e. The molecule has 4 N–H and O–H groups in total. The fraction of sp³-hybridized carbons (Fsp3) is 0.111. The second-order valence-electron chi connectivity index (χ2n) is 5.82. The highest BCUT2D eigenvalue weighted by molar-refractivity contribution is 7.89. The largest absolute Gasteiger partial charge is 0.338 e. The van der Waals surface area contributed by atoms with E-state index in [0.29, 0.717) is 18.7 Å². The summed E-state index contributed by atoms with van der Waals surface area (Å²) in [5.74, 6) is 0. The van der Waals surface area contributed by atoms with Crippen LogP contribution in [0.1, 0.15) is 5.56 Å². The molecule has 27 heavy (non-hydrogen) atoms. The molecule has 2 amide bonds. The van der Waals surface area contributed by atoms with Crippen molar-refractivity contribution in [3.8, 4) is 5.69 Å². The van der Waals surface area contributed by atoms with Crippen LogP contribution in [0, 0.1) is 0 Å². The molecule has 0 saturated carbocycles. The van der Waals surface area contributed by atoms with Crippen molar-refractivity contribution in [1.29, 1.82) is 0 Å². The zero-order valence-electron chi connectivity index (χ0n) is 14.4. The molecule has 3 rings (SSSR count). The highest BCUT2D eigenvalue weighted by atomic mass is 32.2. The summed E-state index contributed by atoms with van der Waals surface area (Å²) in [7, 11) is -3.74. The van der Waals surface area contributed by atoms with Gasteiger partial charge in [-0.3, -0.25) is 0 Å². The zero-order chi connectivity index (χ0) is 19.3. The van der Waals surface area contributed by atoms with Crippen molar-refractivity contribution in [3.05, 3.63) is 72.6 Å². The van der Waals surface area contributed by atoms with E-state index in [2.05, 4.69) is 15.7 Å². The van der Waals surface area contributed by atoms with Gasteiger partial charge in [0.15, 0.2) is 0 Å². The van der Waals surface area contributed by atoms with E-state index in [-0.39, 0.29) is 10.9 Å². The van der Waals surface area contributed by atoms with Crippen LogP contribution in [0.2, 0.25) is 0 Å². The minimum Gasteiger partial charge on any atom is -0.338 e. The first kappa shape index (κ1) is 18.6. The summed E-state index contributed by atoms with van der Waals surface area (Å²) >= 11 is 0. The molecule has 0 atom stereocenters. The van der Waals surface area contributed by atoms with Crippen molar-refractivity contribution in [2.75, 3.05) is 11.9 Å². The second kappa shape index (κ2) is 8.02. The molecule has 0 saturated heterocycles. The van der Waals surface area contributed by atoms with E-state index < -0.39 is 10.0 Å². The van der Waals surface area contributed by atoms with Gasteiger partial charge in [0.05, 0.1) is 10.6 Å². The van der Waals surface area contributed by atoms with E-state index >= 15 is 0 Å². The van der Waals surface area contributed by atoms with Gasteiger partial charge in [-0.1, -0.05) is 12.1 Å². The minimum absolute atomic E-state index is 0.00739. The Bertz CT molecular complexity index is 998. The van der Waals surface area contributed by atoms with Crippen LogP contribution < -0.4 is 15.8 Å². The third-order valence-electron chi connectivity index (χ3n) is 3.85. The molecule has 0 bridgehead atoms. The summed E-state index contributed by atoms with van der Waals surface area (Å²) in [6, 6.07) is 15.0. The normalized spacial score (nSPS) is 11.1. The first-order valence-corrected chi connectivity index (χ1v) is 9.73. The van der Waals surface area contributed by atoms with Crippen LogP contribution >= 0.6 is 0 Å². The minimum atomic E-state index is -3.74. The van der Waals surface area contributed by atoms with Crippen molar-refractivity contribution in [2.24, 2.45) is 5.14 Å².